The highest BCUT2D eigenvalue weighted by Gasteiger charge is 2.24. The van der Waals surface area contributed by atoms with Gasteiger partial charge in [-0.25, -0.2) is 8.42 Å². The number of ether oxygens (including phenoxy) is 1. The third-order valence-corrected chi connectivity index (χ3v) is 5.41. The molecule has 0 radical (unpaired) electrons. The highest BCUT2D eigenvalue weighted by molar-refractivity contribution is 7.89. The van der Waals surface area contributed by atoms with E-state index in [1.54, 1.807) is 6.07 Å². The van der Waals surface area contributed by atoms with Crippen molar-refractivity contribution < 1.29 is 13.2 Å². The number of halogens is 1. The number of sulfonamides is 1. The Hall–Kier alpha value is -0.820. The molecule has 0 unspecified atom stereocenters. The summed E-state index contributed by atoms with van der Waals surface area (Å²) in [6.45, 7) is 1.39. The van der Waals surface area contributed by atoms with Crippen LogP contribution in [0.15, 0.2) is 23.1 Å². The van der Waals surface area contributed by atoms with E-state index in [2.05, 4.69) is 0 Å². The van der Waals surface area contributed by atoms with Gasteiger partial charge in [0, 0.05) is 25.2 Å². The Labute approximate surface area is 124 Å². The number of hydrogen-bond donors (Lipinski definition) is 1. The predicted octanol–water partition coefficient (Wildman–Crippen LogP) is 1.97. The molecule has 5 nitrogen and oxygen atoms in total. The second-order valence-corrected chi connectivity index (χ2v) is 7.48. The van der Waals surface area contributed by atoms with Crippen molar-refractivity contribution in [3.05, 3.63) is 23.2 Å². The summed E-state index contributed by atoms with van der Waals surface area (Å²) in [6.07, 6.45) is 2.43. The van der Waals surface area contributed by atoms with Gasteiger partial charge in [-0.3, -0.25) is 0 Å². The van der Waals surface area contributed by atoms with Gasteiger partial charge in [0.05, 0.1) is 12.3 Å². The fraction of sp³-hybridized carbons (Fsp3) is 0.538. The lowest BCUT2D eigenvalue weighted by Crippen LogP contribution is -2.31. The minimum absolute atomic E-state index is 0.0368. The summed E-state index contributed by atoms with van der Waals surface area (Å²) in [5.41, 5.74) is 5.92. The lowest BCUT2D eigenvalue weighted by Gasteiger charge is -2.18. The first-order valence-electron chi connectivity index (χ1n) is 6.50. The molecular formula is C13H19ClN2O3S. The van der Waals surface area contributed by atoms with Gasteiger partial charge in [-0.2, -0.15) is 4.31 Å². The van der Waals surface area contributed by atoms with Crippen molar-refractivity contribution in [1.29, 1.82) is 0 Å². The standard InChI is InChI=1S/C13H19ClN2O3S/c1-16(6-7-19-9-10-2-3-10)20(17,18)13-8-11(14)4-5-12(13)15/h4-5,8,10H,2-3,6-7,9,15H2,1H3. The zero-order chi connectivity index (χ0) is 14.8. The first kappa shape index (κ1) is 15.6. The molecule has 2 rings (SSSR count). The van der Waals surface area contributed by atoms with Gasteiger partial charge in [0.2, 0.25) is 10.0 Å². The van der Waals surface area contributed by atoms with Crippen LogP contribution in [0.25, 0.3) is 0 Å². The van der Waals surface area contributed by atoms with Crippen LogP contribution in [0.3, 0.4) is 0 Å². The molecule has 0 aliphatic heterocycles. The van der Waals surface area contributed by atoms with Crippen molar-refractivity contribution in [3.8, 4) is 0 Å². The smallest absolute Gasteiger partial charge is 0.244 e. The molecule has 0 bridgehead atoms. The summed E-state index contributed by atoms with van der Waals surface area (Å²) in [5, 5.41) is 0.344. The largest absolute Gasteiger partial charge is 0.398 e. The second kappa shape index (κ2) is 6.30. The summed E-state index contributed by atoms with van der Waals surface area (Å²) in [7, 11) is -2.12. The Balaban J connectivity index is 1.98. The Morgan fingerprint density at radius 2 is 2.15 bits per heavy atom. The molecule has 20 heavy (non-hydrogen) atoms. The molecule has 1 aromatic carbocycles. The molecule has 1 saturated carbocycles. The van der Waals surface area contributed by atoms with E-state index in [0.717, 1.165) is 0 Å². The van der Waals surface area contributed by atoms with E-state index in [4.69, 9.17) is 22.1 Å². The van der Waals surface area contributed by atoms with Gasteiger partial charge in [-0.1, -0.05) is 11.6 Å². The fourth-order valence-electron chi connectivity index (χ4n) is 1.75. The molecule has 1 aliphatic carbocycles. The molecule has 1 aromatic rings. The third-order valence-electron chi connectivity index (χ3n) is 3.26. The summed E-state index contributed by atoms with van der Waals surface area (Å²) < 4.78 is 31.4. The Bertz CT molecular complexity index is 573. The van der Waals surface area contributed by atoms with Crippen LogP contribution < -0.4 is 5.73 Å². The van der Waals surface area contributed by atoms with Crippen molar-refractivity contribution in [2.75, 3.05) is 32.5 Å². The molecule has 0 heterocycles. The molecule has 0 spiro atoms. The number of nitrogens with zero attached hydrogens (tertiary/aromatic N) is 1. The summed E-state index contributed by atoms with van der Waals surface area (Å²) in [6, 6.07) is 4.43. The van der Waals surface area contributed by atoms with Gasteiger partial charge in [-0.15, -0.1) is 0 Å². The minimum atomic E-state index is -3.63. The normalized spacial score (nSPS) is 15.8. The average molecular weight is 319 g/mol. The first-order chi connectivity index (χ1) is 9.41. The SMILES string of the molecule is CN(CCOCC1CC1)S(=O)(=O)c1cc(Cl)ccc1N. The van der Waals surface area contributed by atoms with E-state index in [0.29, 0.717) is 30.7 Å². The first-order valence-corrected chi connectivity index (χ1v) is 8.32. The quantitative estimate of drug-likeness (QED) is 0.616. The Morgan fingerprint density at radius 3 is 2.80 bits per heavy atom. The lowest BCUT2D eigenvalue weighted by molar-refractivity contribution is 0.117. The lowest BCUT2D eigenvalue weighted by atomic mass is 10.3. The summed E-state index contributed by atoms with van der Waals surface area (Å²) in [5.74, 6) is 0.667. The highest BCUT2D eigenvalue weighted by Crippen LogP contribution is 2.29. The van der Waals surface area contributed by atoms with Gasteiger partial charge >= 0.3 is 0 Å². The van der Waals surface area contributed by atoms with Gasteiger partial charge in [-0.05, 0) is 37.0 Å². The number of nitrogens with two attached hydrogens (primary N) is 1. The van der Waals surface area contributed by atoms with Crippen LogP contribution in [-0.4, -0.2) is 39.5 Å². The molecule has 7 heteroatoms. The fourth-order valence-corrected chi connectivity index (χ4v) is 3.28. The third kappa shape index (κ3) is 3.85. The van der Waals surface area contributed by atoms with Crippen LogP contribution in [0.2, 0.25) is 5.02 Å². The van der Waals surface area contributed by atoms with E-state index < -0.39 is 10.0 Å². The van der Waals surface area contributed by atoms with Crippen molar-refractivity contribution in [3.63, 3.8) is 0 Å². The molecule has 0 amide bonds. The molecule has 112 valence electrons. The zero-order valence-electron chi connectivity index (χ0n) is 11.4. The topological polar surface area (TPSA) is 72.6 Å². The van der Waals surface area contributed by atoms with Crippen LogP contribution in [0.4, 0.5) is 5.69 Å². The van der Waals surface area contributed by atoms with Gasteiger partial charge in [0.1, 0.15) is 4.90 Å². The summed E-state index contributed by atoms with van der Waals surface area (Å²) >= 11 is 5.83. The van der Waals surface area contributed by atoms with E-state index in [1.807, 2.05) is 0 Å². The number of rotatable bonds is 7. The number of hydrogen-bond acceptors (Lipinski definition) is 4. The molecule has 0 atom stereocenters. The van der Waals surface area contributed by atoms with E-state index in [1.165, 1.54) is 36.3 Å². The second-order valence-electron chi connectivity index (χ2n) is 5.03. The van der Waals surface area contributed by atoms with E-state index in [-0.39, 0.29) is 10.6 Å². The van der Waals surface area contributed by atoms with Crippen LogP contribution in [0.5, 0.6) is 0 Å². The minimum Gasteiger partial charge on any atom is -0.398 e. The molecule has 1 fully saturated rings. The maximum atomic E-state index is 12.4. The van der Waals surface area contributed by atoms with Crippen molar-refractivity contribution in [2.24, 2.45) is 5.92 Å². The number of nitrogen functional groups attached to an aromatic ring is 1. The predicted molar refractivity (Wildman–Crippen MR) is 79.2 cm³/mol. The van der Waals surface area contributed by atoms with Crippen molar-refractivity contribution in [1.82, 2.24) is 4.31 Å². The number of likely N-dealkylation sites (N-methyl/N-ethyl adjacent to an activating group) is 1. The Morgan fingerprint density at radius 1 is 1.45 bits per heavy atom. The van der Waals surface area contributed by atoms with E-state index in [9.17, 15) is 8.42 Å². The van der Waals surface area contributed by atoms with Gasteiger partial charge in [0.25, 0.3) is 0 Å². The number of benzene rings is 1. The average Bonchev–Trinajstić information content (AvgIpc) is 3.21. The monoisotopic (exact) mass is 318 g/mol. The van der Waals surface area contributed by atoms with Crippen LogP contribution in [0, 0.1) is 5.92 Å². The Kier molecular flexibility index (Phi) is 4.90. The summed E-state index contributed by atoms with van der Waals surface area (Å²) in [4.78, 5) is 0.0368. The molecule has 2 N–H and O–H groups in total. The maximum absolute atomic E-state index is 12.4. The maximum Gasteiger partial charge on any atom is 0.244 e. The van der Waals surface area contributed by atoms with Gasteiger partial charge in [0.15, 0.2) is 0 Å². The van der Waals surface area contributed by atoms with Crippen molar-refractivity contribution >= 4 is 27.3 Å². The molecule has 0 saturated heterocycles. The number of anilines is 1. The van der Waals surface area contributed by atoms with Crippen molar-refractivity contribution in [2.45, 2.75) is 17.7 Å². The van der Waals surface area contributed by atoms with Crippen LogP contribution in [0.1, 0.15) is 12.8 Å². The van der Waals surface area contributed by atoms with Crippen LogP contribution >= 0.6 is 11.6 Å². The highest BCUT2D eigenvalue weighted by atomic mass is 35.5. The van der Waals surface area contributed by atoms with Crippen LogP contribution in [-0.2, 0) is 14.8 Å². The zero-order valence-corrected chi connectivity index (χ0v) is 13.0. The van der Waals surface area contributed by atoms with Gasteiger partial charge < -0.3 is 10.5 Å². The molecular weight excluding hydrogens is 300 g/mol. The van der Waals surface area contributed by atoms with E-state index >= 15 is 0 Å². The molecule has 0 aromatic heterocycles. The molecule has 1 aliphatic rings.